The van der Waals surface area contributed by atoms with Crippen molar-refractivity contribution < 1.29 is 14.5 Å². The molecule has 1 heterocycles. The van der Waals surface area contributed by atoms with E-state index in [1.54, 1.807) is 11.3 Å². The lowest BCUT2D eigenvalue weighted by molar-refractivity contribution is -0.862. The summed E-state index contributed by atoms with van der Waals surface area (Å²) in [5, 5.41) is 7.84. The highest BCUT2D eigenvalue weighted by Gasteiger charge is 2.19. The molecule has 118 valence electrons. The summed E-state index contributed by atoms with van der Waals surface area (Å²) in [5.74, 6) is -0.0870. The molecular formula is C15H26N3O2S+. The number of rotatable bonds is 6. The van der Waals surface area contributed by atoms with Crippen LogP contribution in [-0.2, 0) is 9.59 Å². The SMILES string of the molecule is C[C@@H](NC(=O)C[NH+](C)CC(=O)NC(C)(C)C)c1cccs1. The zero-order chi connectivity index (χ0) is 16.0. The van der Waals surface area contributed by atoms with Gasteiger partial charge in [-0.2, -0.15) is 0 Å². The van der Waals surface area contributed by atoms with Crippen molar-refractivity contribution in [3.05, 3.63) is 22.4 Å². The minimum absolute atomic E-state index is 0.00806. The Labute approximate surface area is 130 Å². The van der Waals surface area contributed by atoms with E-state index in [0.29, 0.717) is 0 Å². The molecule has 0 aliphatic rings. The van der Waals surface area contributed by atoms with Gasteiger partial charge in [-0.3, -0.25) is 9.59 Å². The molecule has 0 radical (unpaired) electrons. The van der Waals surface area contributed by atoms with Gasteiger partial charge in [0.15, 0.2) is 13.1 Å². The number of nitrogens with one attached hydrogen (secondary N) is 3. The maximum absolute atomic E-state index is 12.0. The van der Waals surface area contributed by atoms with Crippen LogP contribution >= 0.6 is 11.3 Å². The highest BCUT2D eigenvalue weighted by molar-refractivity contribution is 7.10. The number of hydrogen-bond acceptors (Lipinski definition) is 3. The molecule has 1 aromatic heterocycles. The summed E-state index contributed by atoms with van der Waals surface area (Å²) in [7, 11) is 1.84. The van der Waals surface area contributed by atoms with Crippen molar-refractivity contribution >= 4 is 23.2 Å². The van der Waals surface area contributed by atoms with Crippen molar-refractivity contribution in [3.8, 4) is 0 Å². The summed E-state index contributed by atoms with van der Waals surface area (Å²) in [5.41, 5.74) is -0.243. The number of thiophene rings is 1. The molecule has 0 fully saturated rings. The third-order valence-electron chi connectivity index (χ3n) is 2.79. The van der Waals surface area contributed by atoms with E-state index < -0.39 is 0 Å². The summed E-state index contributed by atoms with van der Waals surface area (Å²) in [6.07, 6.45) is 0. The molecule has 1 rings (SSSR count). The third-order valence-corrected chi connectivity index (χ3v) is 3.84. The van der Waals surface area contributed by atoms with Gasteiger partial charge in [-0.25, -0.2) is 0 Å². The maximum Gasteiger partial charge on any atom is 0.275 e. The van der Waals surface area contributed by atoms with E-state index in [9.17, 15) is 9.59 Å². The van der Waals surface area contributed by atoms with Crippen LogP contribution in [0.2, 0.25) is 0 Å². The Hall–Kier alpha value is -1.40. The van der Waals surface area contributed by atoms with Crippen molar-refractivity contribution in [2.45, 2.75) is 39.3 Å². The number of carbonyl (C=O) groups excluding carboxylic acids is 2. The van der Waals surface area contributed by atoms with Crippen LogP contribution in [0, 0.1) is 0 Å². The Balaban J connectivity index is 2.35. The van der Waals surface area contributed by atoms with Gasteiger partial charge in [0.2, 0.25) is 0 Å². The van der Waals surface area contributed by atoms with Gasteiger partial charge in [0.05, 0.1) is 13.1 Å². The fourth-order valence-corrected chi connectivity index (χ4v) is 2.71. The number of quaternary nitrogens is 1. The summed E-state index contributed by atoms with van der Waals surface area (Å²) in [6, 6.07) is 3.98. The molecule has 0 spiro atoms. The number of amides is 2. The number of likely N-dealkylation sites (N-methyl/N-ethyl adjacent to an activating group) is 1. The van der Waals surface area contributed by atoms with Crippen molar-refractivity contribution in [2.75, 3.05) is 20.1 Å². The molecule has 5 nitrogen and oxygen atoms in total. The molecule has 0 bridgehead atoms. The van der Waals surface area contributed by atoms with Gasteiger partial charge < -0.3 is 15.5 Å². The molecule has 0 saturated heterocycles. The predicted octanol–water partition coefficient (Wildman–Crippen LogP) is 0.355. The number of hydrogen-bond donors (Lipinski definition) is 3. The second-order valence-electron chi connectivity index (χ2n) is 6.41. The Morgan fingerprint density at radius 2 is 1.90 bits per heavy atom. The fraction of sp³-hybridized carbons (Fsp3) is 0.600. The topological polar surface area (TPSA) is 62.6 Å². The molecule has 0 aliphatic heterocycles. The van der Waals surface area contributed by atoms with Gasteiger partial charge in [-0.05, 0) is 39.1 Å². The van der Waals surface area contributed by atoms with E-state index in [0.717, 1.165) is 9.78 Å². The molecule has 2 amide bonds. The zero-order valence-corrected chi connectivity index (χ0v) is 14.3. The van der Waals surface area contributed by atoms with E-state index in [2.05, 4.69) is 10.6 Å². The molecule has 6 heteroatoms. The van der Waals surface area contributed by atoms with Crippen molar-refractivity contribution in [1.82, 2.24) is 10.6 Å². The summed E-state index contributed by atoms with van der Waals surface area (Å²) in [6.45, 7) is 8.36. The molecule has 3 N–H and O–H groups in total. The van der Waals surface area contributed by atoms with Crippen LogP contribution in [0.15, 0.2) is 17.5 Å². The molecule has 0 aromatic carbocycles. The first-order valence-corrected chi connectivity index (χ1v) is 8.00. The van der Waals surface area contributed by atoms with Crippen LogP contribution in [-0.4, -0.2) is 37.5 Å². The minimum atomic E-state index is -0.243. The molecule has 2 atom stereocenters. The van der Waals surface area contributed by atoms with Gasteiger partial charge in [0.1, 0.15) is 0 Å². The van der Waals surface area contributed by atoms with Crippen LogP contribution in [0.4, 0.5) is 0 Å². The van der Waals surface area contributed by atoms with Crippen molar-refractivity contribution in [2.24, 2.45) is 0 Å². The van der Waals surface area contributed by atoms with Crippen molar-refractivity contribution in [1.29, 1.82) is 0 Å². The van der Waals surface area contributed by atoms with Gasteiger partial charge in [-0.1, -0.05) is 6.07 Å². The molecule has 21 heavy (non-hydrogen) atoms. The summed E-state index contributed by atoms with van der Waals surface area (Å²) >= 11 is 1.62. The second-order valence-corrected chi connectivity index (χ2v) is 7.39. The van der Waals surface area contributed by atoms with Gasteiger partial charge in [-0.15, -0.1) is 11.3 Å². The lowest BCUT2D eigenvalue weighted by atomic mass is 10.1. The molecule has 1 unspecified atom stereocenters. The highest BCUT2D eigenvalue weighted by atomic mass is 32.1. The Bertz CT molecular complexity index is 466. The van der Waals surface area contributed by atoms with Gasteiger partial charge in [0, 0.05) is 10.4 Å². The lowest BCUT2D eigenvalue weighted by Crippen LogP contribution is -3.11. The second kappa shape index (κ2) is 7.56. The van der Waals surface area contributed by atoms with Crippen LogP contribution in [0.5, 0.6) is 0 Å². The maximum atomic E-state index is 12.0. The van der Waals surface area contributed by atoms with Crippen LogP contribution in [0.25, 0.3) is 0 Å². The van der Waals surface area contributed by atoms with Crippen LogP contribution < -0.4 is 15.5 Å². The normalized spacial score (nSPS) is 14.3. The molecule has 1 aromatic rings. The largest absolute Gasteiger partial charge is 0.347 e. The molecule has 0 saturated carbocycles. The first-order valence-electron chi connectivity index (χ1n) is 7.12. The average Bonchev–Trinajstić information content (AvgIpc) is 2.77. The van der Waals surface area contributed by atoms with Crippen LogP contribution in [0.3, 0.4) is 0 Å². The quantitative estimate of drug-likeness (QED) is 0.710. The fourth-order valence-electron chi connectivity index (χ4n) is 1.97. The van der Waals surface area contributed by atoms with Gasteiger partial charge >= 0.3 is 0 Å². The Morgan fingerprint density at radius 1 is 1.29 bits per heavy atom. The van der Waals surface area contributed by atoms with E-state index in [1.165, 1.54) is 0 Å². The first-order chi connectivity index (χ1) is 9.67. The smallest absolute Gasteiger partial charge is 0.275 e. The van der Waals surface area contributed by atoms with Gasteiger partial charge in [0.25, 0.3) is 11.8 Å². The average molecular weight is 312 g/mol. The molecular weight excluding hydrogens is 286 g/mol. The van der Waals surface area contributed by atoms with E-state index >= 15 is 0 Å². The summed E-state index contributed by atoms with van der Waals surface area (Å²) < 4.78 is 0. The Kier molecular flexibility index (Phi) is 6.36. The third kappa shape index (κ3) is 7.24. The van der Waals surface area contributed by atoms with Crippen molar-refractivity contribution in [3.63, 3.8) is 0 Å². The van der Waals surface area contributed by atoms with Crippen LogP contribution in [0.1, 0.15) is 38.6 Å². The monoisotopic (exact) mass is 312 g/mol. The van der Waals surface area contributed by atoms with E-state index in [4.69, 9.17) is 0 Å². The minimum Gasteiger partial charge on any atom is -0.347 e. The Morgan fingerprint density at radius 3 is 2.43 bits per heavy atom. The molecule has 0 aliphatic carbocycles. The number of carbonyl (C=O) groups is 2. The zero-order valence-electron chi connectivity index (χ0n) is 13.4. The lowest BCUT2D eigenvalue weighted by Gasteiger charge is -2.22. The summed E-state index contributed by atoms with van der Waals surface area (Å²) in [4.78, 5) is 25.8. The first kappa shape index (κ1) is 17.7. The standard InChI is InChI=1S/C15H25N3O2S/c1-11(12-7-6-8-21-12)16-13(19)9-18(5)10-14(20)17-15(2,3)4/h6-8,11H,9-10H2,1-5H3,(H,16,19)(H,17,20)/p+1/t11-/m1/s1. The van der Waals surface area contributed by atoms with E-state index in [1.807, 2.05) is 52.3 Å². The predicted molar refractivity (Wildman–Crippen MR) is 85.4 cm³/mol. The van der Waals surface area contributed by atoms with E-state index in [-0.39, 0.29) is 36.5 Å². The highest BCUT2D eigenvalue weighted by Crippen LogP contribution is 2.17.